The van der Waals surface area contributed by atoms with Crippen LogP contribution in [0.4, 0.5) is 0 Å². The number of carbonyl (C=O) groups excluding carboxylic acids is 2. The van der Waals surface area contributed by atoms with E-state index >= 15 is 0 Å². The first-order valence-corrected chi connectivity index (χ1v) is 9.02. The fourth-order valence-electron chi connectivity index (χ4n) is 2.43. The van der Waals surface area contributed by atoms with Crippen LogP contribution in [-0.4, -0.2) is 42.9 Å². The van der Waals surface area contributed by atoms with Crippen LogP contribution in [0.2, 0.25) is 10.0 Å². The van der Waals surface area contributed by atoms with E-state index in [1.807, 2.05) is 30.3 Å². The Kier molecular flexibility index (Phi) is 7.91. The highest BCUT2D eigenvalue weighted by Crippen LogP contribution is 2.22. The van der Waals surface area contributed by atoms with Crippen molar-refractivity contribution in [2.75, 3.05) is 26.2 Å². The van der Waals surface area contributed by atoms with E-state index in [9.17, 15) is 9.59 Å². The van der Waals surface area contributed by atoms with Gasteiger partial charge in [0, 0.05) is 25.2 Å². The van der Waals surface area contributed by atoms with Crippen LogP contribution >= 0.6 is 23.2 Å². The maximum Gasteiger partial charge on any atom is 0.251 e. The lowest BCUT2D eigenvalue weighted by atomic mass is 10.1. The van der Waals surface area contributed by atoms with Crippen LogP contribution < -0.4 is 11.1 Å². The molecule has 0 saturated heterocycles. The van der Waals surface area contributed by atoms with Gasteiger partial charge in [-0.25, -0.2) is 0 Å². The zero-order valence-electron chi connectivity index (χ0n) is 14.3. The van der Waals surface area contributed by atoms with Crippen molar-refractivity contribution in [3.63, 3.8) is 0 Å². The second-order valence-corrected chi connectivity index (χ2v) is 6.53. The normalized spacial score (nSPS) is 10.4. The molecule has 0 aliphatic carbocycles. The largest absolute Gasteiger partial charge is 0.343 e. The lowest BCUT2D eigenvalue weighted by molar-refractivity contribution is -0.130. The Bertz CT molecular complexity index is 754. The molecule has 7 heteroatoms. The molecule has 0 radical (unpaired) electrons. The highest BCUT2D eigenvalue weighted by molar-refractivity contribution is 6.42. The fourth-order valence-corrected chi connectivity index (χ4v) is 2.73. The average Bonchev–Trinajstić information content (AvgIpc) is 2.65. The third-order valence-corrected chi connectivity index (χ3v) is 4.59. The summed E-state index contributed by atoms with van der Waals surface area (Å²) in [5.74, 6) is -0.563. The van der Waals surface area contributed by atoms with E-state index in [-0.39, 0.29) is 18.4 Å². The number of hydrogen-bond donors (Lipinski definition) is 2. The molecule has 0 saturated carbocycles. The first-order valence-electron chi connectivity index (χ1n) is 8.26. The Morgan fingerprint density at radius 1 is 1.00 bits per heavy atom. The molecule has 0 aliphatic heterocycles. The van der Waals surface area contributed by atoms with Gasteiger partial charge in [-0.2, -0.15) is 0 Å². The molecule has 0 fully saturated rings. The molecule has 0 bridgehead atoms. The molecule has 2 aromatic rings. The van der Waals surface area contributed by atoms with Gasteiger partial charge in [-0.15, -0.1) is 0 Å². The van der Waals surface area contributed by atoms with Gasteiger partial charge in [0.15, 0.2) is 0 Å². The quantitative estimate of drug-likeness (QED) is 0.723. The number of halogens is 2. The predicted molar refractivity (Wildman–Crippen MR) is 105 cm³/mol. The number of nitrogens with two attached hydrogens (primary N) is 1. The smallest absolute Gasteiger partial charge is 0.251 e. The lowest BCUT2D eigenvalue weighted by Crippen LogP contribution is -2.43. The van der Waals surface area contributed by atoms with Gasteiger partial charge in [0.05, 0.1) is 16.6 Å². The third-order valence-electron chi connectivity index (χ3n) is 3.85. The topological polar surface area (TPSA) is 75.4 Å². The summed E-state index contributed by atoms with van der Waals surface area (Å²) in [7, 11) is 0. The molecular formula is C19H21Cl2N3O2. The van der Waals surface area contributed by atoms with Gasteiger partial charge in [0.25, 0.3) is 5.91 Å². The van der Waals surface area contributed by atoms with Crippen molar-refractivity contribution in [2.24, 2.45) is 5.73 Å². The van der Waals surface area contributed by atoms with Gasteiger partial charge < -0.3 is 16.0 Å². The molecule has 26 heavy (non-hydrogen) atoms. The minimum Gasteiger partial charge on any atom is -0.343 e. The second kappa shape index (κ2) is 10.2. The summed E-state index contributed by atoms with van der Waals surface area (Å²) in [6, 6.07) is 14.5. The number of rotatable bonds is 8. The van der Waals surface area contributed by atoms with Crippen LogP contribution in [0.15, 0.2) is 48.5 Å². The molecule has 0 aromatic heterocycles. The minimum absolute atomic E-state index is 0.103. The molecule has 0 spiro atoms. The van der Waals surface area contributed by atoms with Crippen molar-refractivity contribution in [2.45, 2.75) is 6.42 Å². The van der Waals surface area contributed by atoms with Gasteiger partial charge in [-0.1, -0.05) is 53.5 Å². The number of amides is 2. The van der Waals surface area contributed by atoms with Crippen LogP contribution in [0.25, 0.3) is 0 Å². The standard InChI is InChI=1S/C19H21Cl2N3O2/c20-16-7-6-15(12-17(16)21)19(26)23-13-18(25)24(11-9-22)10-8-14-4-2-1-3-5-14/h1-7,12H,8-11,13,22H2,(H,23,26). The molecule has 3 N–H and O–H groups in total. The summed E-state index contributed by atoms with van der Waals surface area (Å²) < 4.78 is 0. The highest BCUT2D eigenvalue weighted by atomic mass is 35.5. The summed E-state index contributed by atoms with van der Waals surface area (Å²) in [4.78, 5) is 26.2. The lowest BCUT2D eigenvalue weighted by Gasteiger charge is -2.22. The van der Waals surface area contributed by atoms with Crippen LogP contribution in [0.3, 0.4) is 0 Å². The molecule has 5 nitrogen and oxygen atoms in total. The Labute approximate surface area is 163 Å². The van der Waals surface area contributed by atoms with Crippen LogP contribution in [0.1, 0.15) is 15.9 Å². The predicted octanol–water partition coefficient (Wildman–Crippen LogP) is 2.75. The van der Waals surface area contributed by atoms with E-state index in [4.69, 9.17) is 28.9 Å². The second-order valence-electron chi connectivity index (χ2n) is 5.72. The molecular weight excluding hydrogens is 373 g/mol. The average molecular weight is 394 g/mol. The van der Waals surface area contributed by atoms with Gasteiger partial charge in [-0.05, 0) is 30.2 Å². The molecule has 2 amide bonds. The molecule has 2 rings (SSSR count). The monoisotopic (exact) mass is 393 g/mol. The summed E-state index contributed by atoms with van der Waals surface area (Å²) in [6.45, 7) is 1.24. The van der Waals surface area contributed by atoms with Crippen LogP contribution in [-0.2, 0) is 11.2 Å². The molecule has 2 aromatic carbocycles. The first-order chi connectivity index (χ1) is 12.5. The van der Waals surface area contributed by atoms with E-state index in [1.54, 1.807) is 17.0 Å². The highest BCUT2D eigenvalue weighted by Gasteiger charge is 2.15. The zero-order chi connectivity index (χ0) is 18.9. The number of carbonyl (C=O) groups is 2. The van der Waals surface area contributed by atoms with Crippen LogP contribution in [0, 0.1) is 0 Å². The maximum atomic E-state index is 12.4. The fraction of sp³-hybridized carbons (Fsp3) is 0.263. The Balaban J connectivity index is 1.89. The number of nitrogens with zero attached hydrogens (tertiary/aromatic N) is 1. The van der Waals surface area contributed by atoms with Crippen molar-refractivity contribution in [3.05, 3.63) is 69.7 Å². The van der Waals surface area contributed by atoms with E-state index in [0.717, 1.165) is 12.0 Å². The van der Waals surface area contributed by atoms with Crippen molar-refractivity contribution in [1.82, 2.24) is 10.2 Å². The van der Waals surface area contributed by atoms with Gasteiger partial charge in [0.2, 0.25) is 5.91 Å². The Morgan fingerprint density at radius 2 is 1.73 bits per heavy atom. The van der Waals surface area contributed by atoms with E-state index in [1.165, 1.54) is 6.07 Å². The van der Waals surface area contributed by atoms with Crippen molar-refractivity contribution in [1.29, 1.82) is 0 Å². The summed E-state index contributed by atoms with van der Waals surface area (Å²) >= 11 is 11.7. The molecule has 0 aliphatic rings. The number of hydrogen-bond acceptors (Lipinski definition) is 3. The van der Waals surface area contributed by atoms with Gasteiger partial charge in [-0.3, -0.25) is 9.59 Å². The summed E-state index contributed by atoms with van der Waals surface area (Å²) in [5, 5.41) is 3.27. The Morgan fingerprint density at radius 3 is 2.38 bits per heavy atom. The molecule has 138 valence electrons. The van der Waals surface area contributed by atoms with Crippen molar-refractivity contribution in [3.8, 4) is 0 Å². The Hall–Kier alpha value is -2.08. The molecule has 0 unspecified atom stereocenters. The third kappa shape index (κ3) is 6.02. The van der Waals surface area contributed by atoms with E-state index < -0.39 is 0 Å². The van der Waals surface area contributed by atoms with Crippen molar-refractivity contribution < 1.29 is 9.59 Å². The maximum absolute atomic E-state index is 12.4. The van der Waals surface area contributed by atoms with Crippen LogP contribution in [0.5, 0.6) is 0 Å². The summed E-state index contributed by atoms with van der Waals surface area (Å²) in [6.07, 6.45) is 0.729. The minimum atomic E-state index is -0.382. The SMILES string of the molecule is NCCN(CCc1ccccc1)C(=O)CNC(=O)c1ccc(Cl)c(Cl)c1. The molecule has 0 atom stereocenters. The summed E-state index contributed by atoms with van der Waals surface area (Å²) in [5.41, 5.74) is 7.10. The van der Waals surface area contributed by atoms with E-state index in [0.29, 0.717) is 35.2 Å². The van der Waals surface area contributed by atoms with Crippen molar-refractivity contribution >= 4 is 35.0 Å². The zero-order valence-corrected chi connectivity index (χ0v) is 15.8. The number of benzene rings is 2. The first kappa shape index (κ1) is 20.2. The van der Waals surface area contributed by atoms with Gasteiger partial charge in [0.1, 0.15) is 0 Å². The molecule has 0 heterocycles. The van der Waals surface area contributed by atoms with E-state index in [2.05, 4.69) is 5.32 Å². The van der Waals surface area contributed by atoms with Gasteiger partial charge >= 0.3 is 0 Å². The number of nitrogens with one attached hydrogen (secondary N) is 1.